The third-order valence-corrected chi connectivity index (χ3v) is 8.77. The summed E-state index contributed by atoms with van der Waals surface area (Å²) < 4.78 is 13.1. The molecule has 0 spiro atoms. The SMILES string of the molecule is CCP(C)(=O)CC(C(C(C)C)C(C)(C)C(=O)O)C(C)(C)CC(C)(C)C(=O)O. The summed E-state index contributed by atoms with van der Waals surface area (Å²) in [5.41, 5.74) is -2.43. The molecule has 0 bridgehead atoms. The van der Waals surface area contributed by atoms with Crippen molar-refractivity contribution in [3.63, 3.8) is 0 Å². The Morgan fingerprint density at radius 1 is 0.963 bits per heavy atom. The minimum absolute atomic E-state index is 0.0603. The zero-order valence-corrected chi connectivity index (χ0v) is 19.8. The van der Waals surface area contributed by atoms with Gasteiger partial charge < -0.3 is 14.8 Å². The summed E-state index contributed by atoms with van der Waals surface area (Å²) in [7, 11) is -2.45. The third-order valence-electron chi connectivity index (χ3n) is 6.27. The normalized spacial score (nSPS) is 18.0. The van der Waals surface area contributed by atoms with Crippen LogP contribution in [-0.4, -0.2) is 41.1 Å². The quantitative estimate of drug-likeness (QED) is 0.442. The van der Waals surface area contributed by atoms with Gasteiger partial charge in [0.1, 0.15) is 0 Å². The van der Waals surface area contributed by atoms with Crippen LogP contribution in [0.1, 0.15) is 68.7 Å². The molecule has 0 radical (unpaired) electrons. The summed E-state index contributed by atoms with van der Waals surface area (Å²) in [4.78, 5) is 23.8. The molecule has 0 aliphatic carbocycles. The summed E-state index contributed by atoms with van der Waals surface area (Å²) >= 11 is 0. The average Bonchev–Trinajstić information content (AvgIpc) is 2.44. The van der Waals surface area contributed by atoms with Gasteiger partial charge in [0.05, 0.1) is 18.0 Å². The van der Waals surface area contributed by atoms with E-state index in [2.05, 4.69) is 0 Å². The van der Waals surface area contributed by atoms with E-state index >= 15 is 0 Å². The van der Waals surface area contributed by atoms with Crippen molar-refractivity contribution in [2.75, 3.05) is 19.0 Å². The molecule has 160 valence electrons. The lowest BCUT2D eigenvalue weighted by Crippen LogP contribution is -2.48. The number of hydrogen-bond acceptors (Lipinski definition) is 3. The molecule has 6 heteroatoms. The van der Waals surface area contributed by atoms with Crippen molar-refractivity contribution in [3.05, 3.63) is 0 Å². The smallest absolute Gasteiger partial charge is 0.309 e. The molecule has 0 amide bonds. The van der Waals surface area contributed by atoms with Crippen LogP contribution in [-0.2, 0) is 14.2 Å². The van der Waals surface area contributed by atoms with Gasteiger partial charge in [-0.25, -0.2) is 0 Å². The fraction of sp³-hybridized carbons (Fsp3) is 0.905. The molecule has 0 aliphatic heterocycles. The van der Waals surface area contributed by atoms with Crippen LogP contribution in [0.4, 0.5) is 0 Å². The molecule has 3 unspecified atom stereocenters. The largest absolute Gasteiger partial charge is 0.481 e. The Balaban J connectivity index is 6.40. The second-order valence-electron chi connectivity index (χ2n) is 10.6. The molecule has 0 heterocycles. The zero-order chi connectivity index (χ0) is 22.0. The van der Waals surface area contributed by atoms with Crippen LogP contribution in [0.5, 0.6) is 0 Å². The molecule has 27 heavy (non-hydrogen) atoms. The fourth-order valence-corrected chi connectivity index (χ4v) is 6.49. The molecule has 0 aromatic carbocycles. The molecule has 0 saturated carbocycles. The lowest BCUT2D eigenvalue weighted by molar-refractivity contribution is -0.156. The van der Waals surface area contributed by atoms with Crippen molar-refractivity contribution in [3.8, 4) is 0 Å². The van der Waals surface area contributed by atoms with E-state index in [0.717, 1.165) is 0 Å². The summed E-state index contributed by atoms with van der Waals surface area (Å²) in [5.74, 6) is -2.08. The number of carbonyl (C=O) groups is 2. The van der Waals surface area contributed by atoms with Gasteiger partial charge in [0.15, 0.2) is 0 Å². The lowest BCUT2D eigenvalue weighted by atomic mass is 9.57. The highest BCUT2D eigenvalue weighted by atomic mass is 31.2. The molecule has 3 atom stereocenters. The standard InChI is InChI=1S/C21H41O5P/c1-11-27(10,26)12-15(16(14(2)3)21(8,9)18(24)25)19(4,5)13-20(6,7)17(22)23/h14-16H,11-13H2,1-10H3,(H,22,23)(H,24,25). The first kappa shape index (κ1) is 26.2. The highest BCUT2D eigenvalue weighted by Gasteiger charge is 2.50. The van der Waals surface area contributed by atoms with E-state index in [1.54, 1.807) is 34.4 Å². The molecule has 0 aromatic rings. The highest BCUT2D eigenvalue weighted by Crippen LogP contribution is 2.56. The number of carboxylic acids is 2. The summed E-state index contributed by atoms with van der Waals surface area (Å²) in [6, 6.07) is 0. The molecule has 0 rings (SSSR count). The van der Waals surface area contributed by atoms with Crippen molar-refractivity contribution in [1.29, 1.82) is 0 Å². The monoisotopic (exact) mass is 404 g/mol. The number of carboxylic acid groups (broad SMARTS) is 2. The summed E-state index contributed by atoms with van der Waals surface area (Å²) in [6.45, 7) is 18.6. The maximum absolute atomic E-state index is 13.1. The van der Waals surface area contributed by atoms with E-state index in [1.807, 2.05) is 34.6 Å². The molecule has 0 aromatic heterocycles. The van der Waals surface area contributed by atoms with Gasteiger partial charge in [-0.1, -0.05) is 34.6 Å². The third kappa shape index (κ3) is 6.62. The van der Waals surface area contributed by atoms with Gasteiger partial charge >= 0.3 is 11.9 Å². The van der Waals surface area contributed by atoms with E-state index in [0.29, 0.717) is 18.7 Å². The molecule has 5 nitrogen and oxygen atoms in total. The van der Waals surface area contributed by atoms with Gasteiger partial charge in [0.2, 0.25) is 0 Å². The van der Waals surface area contributed by atoms with Crippen LogP contribution >= 0.6 is 7.14 Å². The fourth-order valence-electron chi connectivity index (χ4n) is 4.68. The zero-order valence-electron chi connectivity index (χ0n) is 18.9. The Bertz CT molecular complexity index is 589. The molecule has 0 saturated heterocycles. The number of aliphatic carboxylic acids is 2. The Morgan fingerprint density at radius 3 is 1.70 bits per heavy atom. The minimum atomic E-state index is -2.45. The summed E-state index contributed by atoms with van der Waals surface area (Å²) in [5, 5.41) is 19.5. The Labute approximate surface area is 165 Å². The first-order valence-electron chi connectivity index (χ1n) is 9.84. The van der Waals surface area contributed by atoms with Crippen molar-refractivity contribution >= 4 is 19.1 Å². The maximum atomic E-state index is 13.1. The van der Waals surface area contributed by atoms with Crippen LogP contribution in [0.15, 0.2) is 0 Å². The van der Waals surface area contributed by atoms with Crippen LogP contribution in [0.3, 0.4) is 0 Å². The van der Waals surface area contributed by atoms with Crippen LogP contribution in [0, 0.1) is 34.0 Å². The van der Waals surface area contributed by atoms with E-state index in [-0.39, 0.29) is 17.8 Å². The molecule has 0 aliphatic rings. The highest BCUT2D eigenvalue weighted by molar-refractivity contribution is 7.63. The van der Waals surface area contributed by atoms with E-state index in [4.69, 9.17) is 0 Å². The maximum Gasteiger partial charge on any atom is 0.309 e. The second-order valence-corrected chi connectivity index (χ2v) is 14.1. The van der Waals surface area contributed by atoms with Gasteiger partial charge in [-0.3, -0.25) is 9.59 Å². The first-order chi connectivity index (χ1) is 11.8. The Kier molecular flexibility index (Phi) is 8.41. The van der Waals surface area contributed by atoms with Crippen LogP contribution in [0.25, 0.3) is 0 Å². The van der Waals surface area contributed by atoms with E-state index in [9.17, 15) is 24.4 Å². The van der Waals surface area contributed by atoms with Crippen LogP contribution < -0.4 is 0 Å². The first-order valence-corrected chi connectivity index (χ1v) is 12.4. The minimum Gasteiger partial charge on any atom is -0.481 e. The van der Waals surface area contributed by atoms with Crippen molar-refractivity contribution in [2.24, 2.45) is 34.0 Å². The molecule has 2 N–H and O–H groups in total. The lowest BCUT2D eigenvalue weighted by Gasteiger charge is -2.49. The topological polar surface area (TPSA) is 91.7 Å². The molecule has 0 fully saturated rings. The predicted molar refractivity (Wildman–Crippen MR) is 112 cm³/mol. The van der Waals surface area contributed by atoms with Gasteiger partial charge in [0.25, 0.3) is 0 Å². The second kappa shape index (κ2) is 8.68. The predicted octanol–water partition coefficient (Wildman–Crippen LogP) is 5.53. The van der Waals surface area contributed by atoms with Gasteiger partial charge in [-0.05, 0) is 70.1 Å². The molecular weight excluding hydrogens is 363 g/mol. The van der Waals surface area contributed by atoms with Gasteiger partial charge in [0, 0.05) is 6.16 Å². The van der Waals surface area contributed by atoms with E-state index in [1.165, 1.54) is 0 Å². The Morgan fingerprint density at radius 2 is 1.41 bits per heavy atom. The van der Waals surface area contributed by atoms with Crippen molar-refractivity contribution < 1.29 is 24.4 Å². The summed E-state index contributed by atoms with van der Waals surface area (Å²) in [6.07, 6.45) is 1.38. The van der Waals surface area contributed by atoms with Gasteiger partial charge in [-0.2, -0.15) is 0 Å². The van der Waals surface area contributed by atoms with Crippen molar-refractivity contribution in [2.45, 2.75) is 68.7 Å². The van der Waals surface area contributed by atoms with E-state index < -0.39 is 35.3 Å². The Hall–Kier alpha value is -0.830. The van der Waals surface area contributed by atoms with Crippen LogP contribution in [0.2, 0.25) is 0 Å². The average molecular weight is 405 g/mol. The van der Waals surface area contributed by atoms with Gasteiger partial charge in [-0.15, -0.1) is 0 Å². The number of hydrogen-bond donors (Lipinski definition) is 2. The van der Waals surface area contributed by atoms with Crippen molar-refractivity contribution in [1.82, 2.24) is 0 Å². The number of rotatable bonds is 11. The molecular formula is C21H41O5P.